The number of aliphatic hydroxyl groups excluding tert-OH is 1. The van der Waals surface area contributed by atoms with E-state index in [4.69, 9.17) is 28.4 Å². The molecular formula is C48H95NO9. The second-order valence-corrected chi connectivity index (χ2v) is 17.3. The minimum Gasteiger partial charge on any atom is -0.465 e. The van der Waals surface area contributed by atoms with Gasteiger partial charge >= 0.3 is 11.9 Å². The van der Waals surface area contributed by atoms with Gasteiger partial charge < -0.3 is 38.4 Å². The molecule has 0 aliphatic carbocycles. The number of carbonyl (C=O) groups excluding carboxylic acids is 2. The smallest absolute Gasteiger partial charge is 0.305 e. The van der Waals surface area contributed by atoms with Crippen molar-refractivity contribution in [3.63, 3.8) is 0 Å². The topological polar surface area (TPSA) is 113 Å². The van der Waals surface area contributed by atoms with Crippen molar-refractivity contribution in [1.82, 2.24) is 4.90 Å². The number of aliphatic hydroxyl groups is 1. The highest BCUT2D eigenvalue weighted by atomic mass is 16.7. The molecule has 1 N–H and O–H groups in total. The van der Waals surface area contributed by atoms with Crippen LogP contribution in [0.4, 0.5) is 0 Å². The Kier molecular flexibility index (Phi) is 40.2. The lowest BCUT2D eigenvalue weighted by molar-refractivity contribution is -0.164. The van der Waals surface area contributed by atoms with E-state index in [1.54, 1.807) is 0 Å². The second kappa shape index (κ2) is 41.1. The molecule has 0 spiro atoms. The quantitative estimate of drug-likeness (QED) is 0.0362. The molecule has 0 rings (SSSR count). The van der Waals surface area contributed by atoms with Crippen molar-refractivity contribution in [2.24, 2.45) is 23.7 Å². The van der Waals surface area contributed by atoms with Gasteiger partial charge in [-0.15, -0.1) is 0 Å². The van der Waals surface area contributed by atoms with Crippen LogP contribution in [0, 0.1) is 23.7 Å². The molecule has 0 aliphatic rings. The van der Waals surface area contributed by atoms with Crippen molar-refractivity contribution in [3.8, 4) is 0 Å². The maximum absolute atomic E-state index is 12.5. The van der Waals surface area contributed by atoms with E-state index in [0.29, 0.717) is 95.5 Å². The Morgan fingerprint density at radius 1 is 0.431 bits per heavy atom. The van der Waals surface area contributed by atoms with Crippen LogP contribution in [0.2, 0.25) is 0 Å². The molecule has 0 fully saturated rings. The number of hydrogen-bond donors (Lipinski definition) is 1. The third-order valence-electron chi connectivity index (χ3n) is 11.1. The predicted octanol–water partition coefficient (Wildman–Crippen LogP) is 11.3. The third kappa shape index (κ3) is 36.5. The molecule has 0 saturated carbocycles. The molecule has 0 aromatic heterocycles. The van der Waals surface area contributed by atoms with E-state index in [-0.39, 0.29) is 31.1 Å². The molecule has 0 aromatic rings. The van der Waals surface area contributed by atoms with E-state index in [0.717, 1.165) is 77.3 Å². The van der Waals surface area contributed by atoms with Gasteiger partial charge in [0.1, 0.15) is 0 Å². The molecular weight excluding hydrogens is 735 g/mol. The normalized spacial score (nSPS) is 14.9. The zero-order valence-electron chi connectivity index (χ0n) is 39.3. The summed E-state index contributed by atoms with van der Waals surface area (Å²) in [5.74, 6) is 2.19. The fourth-order valence-electron chi connectivity index (χ4n) is 7.30. The predicted molar refractivity (Wildman–Crippen MR) is 238 cm³/mol. The lowest BCUT2D eigenvalue weighted by atomic mass is 10.0. The Balaban J connectivity index is 4.33. The molecule has 4 unspecified atom stereocenters. The molecule has 0 radical (unpaired) electrons. The zero-order valence-corrected chi connectivity index (χ0v) is 39.3. The van der Waals surface area contributed by atoms with Gasteiger partial charge in [0.15, 0.2) is 12.6 Å². The molecule has 0 amide bonds. The summed E-state index contributed by atoms with van der Waals surface area (Å²) in [6.45, 7) is 23.7. The fourth-order valence-corrected chi connectivity index (χ4v) is 7.30. The summed E-state index contributed by atoms with van der Waals surface area (Å²) in [5.41, 5.74) is 0. The van der Waals surface area contributed by atoms with Crippen molar-refractivity contribution in [2.45, 2.75) is 209 Å². The van der Waals surface area contributed by atoms with E-state index in [1.165, 1.54) is 51.4 Å². The van der Waals surface area contributed by atoms with Crippen LogP contribution in [-0.2, 0) is 38.0 Å². The van der Waals surface area contributed by atoms with Crippen LogP contribution < -0.4 is 0 Å². The summed E-state index contributed by atoms with van der Waals surface area (Å²) in [6, 6.07) is 0. The van der Waals surface area contributed by atoms with Crippen molar-refractivity contribution < 1.29 is 43.1 Å². The minimum absolute atomic E-state index is 0.118. The molecule has 58 heavy (non-hydrogen) atoms. The lowest BCUT2D eigenvalue weighted by Crippen LogP contribution is -2.29. The summed E-state index contributed by atoms with van der Waals surface area (Å²) in [5, 5.41) is 9.61. The van der Waals surface area contributed by atoms with Gasteiger partial charge in [-0.3, -0.25) is 9.59 Å². The standard InChI is InChI=1S/C48H95NO9/c1-9-19-41(5)25-35-55-47(56-36-26-42(6)20-10-2)29-39-53-45(51)23-15-13-17-31-49(33-34-50)32-18-14-16-24-46(52)54-40-30-48(57-37-27-43(7)21-11-3)58-38-28-44(8)22-12-4/h41-44,47-48,50H,9-40H2,1-8H3. The first-order chi connectivity index (χ1) is 28.1. The Labute approximate surface area is 357 Å². The molecule has 4 atom stereocenters. The van der Waals surface area contributed by atoms with Crippen molar-refractivity contribution >= 4 is 11.9 Å². The van der Waals surface area contributed by atoms with Crippen LogP contribution in [0.15, 0.2) is 0 Å². The Morgan fingerprint density at radius 2 is 0.759 bits per heavy atom. The highest BCUT2D eigenvalue weighted by Crippen LogP contribution is 2.17. The number of esters is 2. The molecule has 0 aliphatic heterocycles. The van der Waals surface area contributed by atoms with Gasteiger partial charge in [0.25, 0.3) is 0 Å². The maximum Gasteiger partial charge on any atom is 0.305 e. The molecule has 0 bridgehead atoms. The molecule has 10 nitrogen and oxygen atoms in total. The highest BCUT2D eigenvalue weighted by molar-refractivity contribution is 5.69. The largest absolute Gasteiger partial charge is 0.465 e. The Hall–Kier alpha value is -1.30. The zero-order chi connectivity index (χ0) is 43.1. The van der Waals surface area contributed by atoms with Crippen LogP contribution in [0.3, 0.4) is 0 Å². The van der Waals surface area contributed by atoms with Crippen LogP contribution in [0.25, 0.3) is 0 Å². The van der Waals surface area contributed by atoms with Crippen molar-refractivity contribution in [3.05, 3.63) is 0 Å². The Bertz CT molecular complexity index is 804. The Morgan fingerprint density at radius 3 is 1.05 bits per heavy atom. The number of unbranched alkanes of at least 4 members (excludes halogenated alkanes) is 4. The molecule has 0 aromatic carbocycles. The van der Waals surface area contributed by atoms with Gasteiger partial charge in [0.05, 0.1) is 19.8 Å². The average Bonchev–Trinajstić information content (AvgIpc) is 3.17. The molecule has 10 heteroatoms. The molecule has 0 saturated heterocycles. The van der Waals surface area contributed by atoms with Crippen LogP contribution in [-0.4, -0.2) is 100 Å². The monoisotopic (exact) mass is 830 g/mol. The highest BCUT2D eigenvalue weighted by Gasteiger charge is 2.16. The second-order valence-electron chi connectivity index (χ2n) is 17.3. The summed E-state index contributed by atoms with van der Waals surface area (Å²) < 4.78 is 35.5. The summed E-state index contributed by atoms with van der Waals surface area (Å²) >= 11 is 0. The van der Waals surface area contributed by atoms with Crippen LogP contribution >= 0.6 is 0 Å². The van der Waals surface area contributed by atoms with Crippen molar-refractivity contribution in [1.29, 1.82) is 0 Å². The van der Waals surface area contributed by atoms with E-state index in [9.17, 15) is 14.7 Å². The number of nitrogens with zero attached hydrogens (tertiary/aromatic N) is 1. The minimum atomic E-state index is -0.339. The van der Waals surface area contributed by atoms with Gasteiger partial charge in [-0.25, -0.2) is 0 Å². The molecule has 0 heterocycles. The first-order valence-electron chi connectivity index (χ1n) is 24.2. The SMILES string of the molecule is CCCC(C)CCOC(CCOC(=O)CCCCCN(CCO)CCCCCC(=O)OCCC(OCCC(C)CCC)OCCC(C)CCC)OCCC(C)CCC. The van der Waals surface area contributed by atoms with Gasteiger partial charge in [-0.1, -0.05) is 120 Å². The van der Waals surface area contributed by atoms with E-state index in [2.05, 4.69) is 60.3 Å². The third-order valence-corrected chi connectivity index (χ3v) is 11.1. The van der Waals surface area contributed by atoms with Gasteiger partial charge in [-0.05, 0) is 88.1 Å². The summed E-state index contributed by atoms with van der Waals surface area (Å²) in [4.78, 5) is 27.2. The molecule has 346 valence electrons. The van der Waals surface area contributed by atoms with Gasteiger partial charge in [-0.2, -0.15) is 0 Å². The maximum atomic E-state index is 12.5. The van der Waals surface area contributed by atoms with Crippen molar-refractivity contribution in [2.75, 3.05) is 65.9 Å². The van der Waals surface area contributed by atoms with Gasteiger partial charge in [0.2, 0.25) is 0 Å². The number of rotatable bonds is 44. The van der Waals surface area contributed by atoms with E-state index < -0.39 is 0 Å². The number of carbonyl (C=O) groups is 2. The number of ether oxygens (including phenoxy) is 6. The van der Waals surface area contributed by atoms with E-state index >= 15 is 0 Å². The number of hydrogen-bond acceptors (Lipinski definition) is 10. The fraction of sp³-hybridized carbons (Fsp3) is 0.958. The van der Waals surface area contributed by atoms with Crippen LogP contribution in [0.1, 0.15) is 197 Å². The summed E-state index contributed by atoms with van der Waals surface area (Å²) in [6.07, 6.45) is 20.2. The van der Waals surface area contributed by atoms with E-state index in [1.807, 2.05) is 0 Å². The van der Waals surface area contributed by atoms with Crippen LogP contribution in [0.5, 0.6) is 0 Å². The first kappa shape index (κ1) is 56.7. The summed E-state index contributed by atoms with van der Waals surface area (Å²) in [7, 11) is 0. The van der Waals surface area contributed by atoms with Gasteiger partial charge in [0, 0.05) is 58.7 Å². The first-order valence-corrected chi connectivity index (χ1v) is 24.2. The average molecular weight is 830 g/mol. The lowest BCUT2D eigenvalue weighted by Gasteiger charge is -2.21.